The number of para-hydroxylation sites is 1. The molecule has 1 aliphatic rings. The Balaban J connectivity index is 1.47. The highest BCUT2D eigenvalue weighted by Crippen LogP contribution is 2.44. The summed E-state index contributed by atoms with van der Waals surface area (Å²) in [6, 6.07) is 16.8. The van der Waals surface area contributed by atoms with E-state index in [9.17, 15) is 9.59 Å². The lowest BCUT2D eigenvalue weighted by atomic mass is 10.1. The molecule has 4 aromatic rings. The Morgan fingerprint density at radius 1 is 0.957 bits per heavy atom. The zero-order valence-corrected chi connectivity index (χ0v) is 27.8. The van der Waals surface area contributed by atoms with Crippen LogP contribution in [-0.4, -0.2) is 74.0 Å². The summed E-state index contributed by atoms with van der Waals surface area (Å²) in [5.74, 6) is 0.186. The van der Waals surface area contributed by atoms with E-state index in [0.717, 1.165) is 37.6 Å². The molecule has 244 valence electrons. The molecule has 0 aliphatic carbocycles. The number of nitrogens with zero attached hydrogens (tertiary/aromatic N) is 4. The smallest absolute Gasteiger partial charge is 0.261 e. The lowest BCUT2D eigenvalue weighted by Crippen LogP contribution is -2.44. The van der Waals surface area contributed by atoms with Gasteiger partial charge in [-0.15, -0.1) is 0 Å². The zero-order valence-electron chi connectivity index (χ0n) is 26.3. The second kappa shape index (κ2) is 15.2. The average molecular weight is 677 g/mol. The predicted molar refractivity (Wildman–Crippen MR) is 188 cm³/mol. The third-order valence-corrected chi connectivity index (χ3v) is 8.45. The van der Waals surface area contributed by atoms with Crippen molar-refractivity contribution in [3.8, 4) is 11.5 Å². The van der Waals surface area contributed by atoms with Crippen LogP contribution < -0.4 is 30.3 Å². The minimum atomic E-state index is -0.602. The summed E-state index contributed by atoms with van der Waals surface area (Å²) in [6.07, 6.45) is 2.77. The van der Waals surface area contributed by atoms with Crippen LogP contribution in [-0.2, 0) is 11.2 Å². The molecular formula is C34H35Cl2N7O4. The molecule has 0 unspecified atom stereocenters. The third-order valence-electron chi connectivity index (χ3n) is 7.70. The first-order valence-electron chi connectivity index (χ1n) is 14.8. The summed E-state index contributed by atoms with van der Waals surface area (Å²) in [7, 11) is 5.01. The number of hydrogen-bond acceptors (Lipinski definition) is 10. The molecular weight excluding hydrogens is 641 g/mol. The number of ether oxygens (including phenoxy) is 2. The first kappa shape index (κ1) is 33.5. The molecule has 1 aromatic heterocycles. The summed E-state index contributed by atoms with van der Waals surface area (Å²) in [6.45, 7) is 7.53. The van der Waals surface area contributed by atoms with Crippen LogP contribution in [0.1, 0.15) is 15.9 Å². The van der Waals surface area contributed by atoms with Gasteiger partial charge in [-0.05, 0) is 49.0 Å². The van der Waals surface area contributed by atoms with Crippen molar-refractivity contribution in [2.45, 2.75) is 6.42 Å². The fourth-order valence-corrected chi connectivity index (χ4v) is 5.61. The van der Waals surface area contributed by atoms with Gasteiger partial charge in [-0.2, -0.15) is 4.98 Å². The number of carbonyl (C=O) groups excluding carboxylic acids is 2. The van der Waals surface area contributed by atoms with E-state index in [1.807, 2.05) is 30.3 Å². The van der Waals surface area contributed by atoms with Gasteiger partial charge in [-0.3, -0.25) is 9.59 Å². The first-order chi connectivity index (χ1) is 22.7. The number of amides is 1. The molecule has 1 saturated heterocycles. The number of ketones is 1. The number of aromatic nitrogens is 2. The average Bonchev–Trinajstić information content (AvgIpc) is 3.08. The van der Waals surface area contributed by atoms with E-state index in [1.54, 1.807) is 6.07 Å². The molecule has 2 heterocycles. The fourth-order valence-electron chi connectivity index (χ4n) is 5.01. The van der Waals surface area contributed by atoms with E-state index < -0.39 is 5.91 Å². The predicted octanol–water partition coefficient (Wildman–Crippen LogP) is 6.59. The van der Waals surface area contributed by atoms with Gasteiger partial charge >= 0.3 is 0 Å². The molecule has 0 atom stereocenters. The molecule has 47 heavy (non-hydrogen) atoms. The number of benzene rings is 3. The molecule has 1 fully saturated rings. The van der Waals surface area contributed by atoms with Gasteiger partial charge in [0.05, 0.1) is 19.9 Å². The molecule has 0 spiro atoms. The minimum Gasteiger partial charge on any atom is -0.495 e. The maximum absolute atomic E-state index is 13.8. The standard InChI is InChI=1S/C34H35Cl2N7O4/c1-5-24(44)18-21-8-6-7-9-26(21)39-32-25(33(45)40-31-29(35)27(46-3)19-28(47-4)30(31)36)20-37-34(41-32)38-22-10-12-23(13-11-22)43-16-14-42(2)15-17-43/h5-13,19-20H,1,14-18H2,2-4H3,(H,40,45)(H2,37,38,39,41). The zero-order chi connectivity index (χ0) is 33.5. The Labute approximate surface area is 283 Å². The van der Waals surface area contributed by atoms with Crippen LogP contribution in [0.4, 0.5) is 34.5 Å². The van der Waals surface area contributed by atoms with Crippen molar-refractivity contribution < 1.29 is 19.1 Å². The quantitative estimate of drug-likeness (QED) is 0.142. The molecule has 1 amide bonds. The minimum absolute atomic E-state index is 0.0831. The second-order valence-corrected chi connectivity index (χ2v) is 11.5. The number of likely N-dealkylation sites (N-methyl/N-ethyl adjacent to an activating group) is 1. The Morgan fingerprint density at radius 3 is 2.26 bits per heavy atom. The number of methoxy groups -OCH3 is 2. The van der Waals surface area contributed by atoms with E-state index in [-0.39, 0.29) is 56.8 Å². The number of hydrogen-bond donors (Lipinski definition) is 3. The maximum atomic E-state index is 13.8. The molecule has 3 aromatic carbocycles. The summed E-state index contributed by atoms with van der Waals surface area (Å²) in [5.41, 5.74) is 3.36. The van der Waals surface area contributed by atoms with Crippen molar-refractivity contribution in [1.29, 1.82) is 0 Å². The van der Waals surface area contributed by atoms with E-state index in [4.69, 9.17) is 32.7 Å². The maximum Gasteiger partial charge on any atom is 0.261 e. The molecule has 0 radical (unpaired) electrons. The topological polar surface area (TPSA) is 121 Å². The summed E-state index contributed by atoms with van der Waals surface area (Å²) < 4.78 is 10.7. The van der Waals surface area contributed by atoms with Crippen LogP contribution >= 0.6 is 23.2 Å². The molecule has 11 nitrogen and oxygen atoms in total. The van der Waals surface area contributed by atoms with Crippen molar-refractivity contribution >= 4 is 69.4 Å². The Bertz CT molecular complexity index is 1750. The van der Waals surface area contributed by atoms with Gasteiger partial charge in [0, 0.05) is 61.9 Å². The van der Waals surface area contributed by atoms with E-state index in [2.05, 4.69) is 61.5 Å². The summed E-state index contributed by atoms with van der Waals surface area (Å²) in [4.78, 5) is 39.8. The lowest BCUT2D eigenvalue weighted by molar-refractivity contribution is -0.114. The van der Waals surface area contributed by atoms with Gasteiger partial charge in [0.15, 0.2) is 5.78 Å². The normalized spacial score (nSPS) is 13.1. The van der Waals surface area contributed by atoms with Gasteiger partial charge in [0.1, 0.15) is 32.9 Å². The summed E-state index contributed by atoms with van der Waals surface area (Å²) in [5, 5.41) is 9.39. The van der Waals surface area contributed by atoms with Crippen LogP contribution in [0.5, 0.6) is 11.5 Å². The van der Waals surface area contributed by atoms with Gasteiger partial charge in [-0.25, -0.2) is 4.98 Å². The van der Waals surface area contributed by atoms with Crippen LogP contribution in [0.25, 0.3) is 0 Å². The van der Waals surface area contributed by atoms with Crippen molar-refractivity contribution in [3.63, 3.8) is 0 Å². The number of carbonyl (C=O) groups is 2. The Kier molecular flexibility index (Phi) is 10.8. The third kappa shape index (κ3) is 7.94. The van der Waals surface area contributed by atoms with Crippen molar-refractivity contribution in [1.82, 2.24) is 14.9 Å². The van der Waals surface area contributed by atoms with E-state index in [1.165, 1.54) is 32.6 Å². The highest BCUT2D eigenvalue weighted by atomic mass is 35.5. The van der Waals surface area contributed by atoms with Crippen molar-refractivity contribution in [3.05, 3.63) is 94.6 Å². The highest BCUT2D eigenvalue weighted by Gasteiger charge is 2.23. The van der Waals surface area contributed by atoms with Gasteiger partial charge in [0.25, 0.3) is 5.91 Å². The number of nitrogens with one attached hydrogen (secondary N) is 3. The molecule has 3 N–H and O–H groups in total. The first-order valence-corrected chi connectivity index (χ1v) is 15.6. The van der Waals surface area contributed by atoms with Gasteiger partial charge < -0.3 is 35.2 Å². The highest BCUT2D eigenvalue weighted by molar-refractivity contribution is 6.42. The number of piperazine rings is 1. The Morgan fingerprint density at radius 2 is 1.62 bits per heavy atom. The van der Waals surface area contributed by atoms with E-state index >= 15 is 0 Å². The monoisotopic (exact) mass is 675 g/mol. The summed E-state index contributed by atoms with van der Waals surface area (Å²) >= 11 is 13.1. The van der Waals surface area contributed by atoms with Crippen LogP contribution in [0.3, 0.4) is 0 Å². The van der Waals surface area contributed by atoms with Crippen LogP contribution in [0, 0.1) is 0 Å². The molecule has 0 saturated carbocycles. The molecule has 0 bridgehead atoms. The Hall–Kier alpha value is -4.84. The van der Waals surface area contributed by atoms with Crippen molar-refractivity contribution in [2.24, 2.45) is 0 Å². The number of rotatable bonds is 12. The SMILES string of the molecule is C=CC(=O)Cc1ccccc1Nc1nc(Nc2ccc(N3CCN(C)CC3)cc2)ncc1C(=O)Nc1c(Cl)c(OC)cc(OC)c1Cl. The fraction of sp³-hybridized carbons (Fsp3) is 0.235. The molecule has 13 heteroatoms. The molecule has 5 rings (SSSR count). The number of allylic oxidation sites excluding steroid dienone is 1. The van der Waals surface area contributed by atoms with Gasteiger partial charge in [0.2, 0.25) is 5.95 Å². The number of halogens is 2. The van der Waals surface area contributed by atoms with E-state index in [0.29, 0.717) is 11.3 Å². The second-order valence-electron chi connectivity index (χ2n) is 10.8. The van der Waals surface area contributed by atoms with Crippen molar-refractivity contribution in [2.75, 3.05) is 68.3 Å². The van der Waals surface area contributed by atoms with Crippen LogP contribution in [0.2, 0.25) is 10.0 Å². The largest absolute Gasteiger partial charge is 0.495 e. The van der Waals surface area contributed by atoms with Crippen LogP contribution in [0.15, 0.2) is 73.4 Å². The lowest BCUT2D eigenvalue weighted by Gasteiger charge is -2.34. The molecule has 1 aliphatic heterocycles. The van der Waals surface area contributed by atoms with Gasteiger partial charge in [-0.1, -0.05) is 48.0 Å². The number of anilines is 6.